The van der Waals surface area contributed by atoms with E-state index >= 15 is 0 Å². The Bertz CT molecular complexity index is 1260. The number of methoxy groups -OCH3 is 2. The zero-order chi connectivity index (χ0) is 25.8. The molecule has 0 aliphatic carbocycles. The molecule has 1 aliphatic rings. The lowest BCUT2D eigenvalue weighted by molar-refractivity contribution is -0.385. The Balaban J connectivity index is 1.71. The SMILES string of the molecule is COc1cc2c(cc1OC)[C@H](COc1ccc(C(C)C)cc1)N(C(=O)c1ccccc1[N+](=O)[O-])CC2. The average molecular weight is 491 g/mol. The Morgan fingerprint density at radius 3 is 2.36 bits per heavy atom. The maximum atomic E-state index is 13.7. The quantitative estimate of drug-likeness (QED) is 0.304. The maximum absolute atomic E-state index is 13.7. The molecule has 1 atom stereocenters. The number of hydrogen-bond donors (Lipinski definition) is 0. The molecule has 0 aromatic heterocycles. The van der Waals surface area contributed by atoms with Crippen LogP contribution in [0, 0.1) is 10.1 Å². The third kappa shape index (κ3) is 4.98. The smallest absolute Gasteiger partial charge is 0.282 e. The van der Waals surface area contributed by atoms with Crippen molar-refractivity contribution in [3.8, 4) is 17.2 Å². The minimum atomic E-state index is -0.527. The van der Waals surface area contributed by atoms with Crippen LogP contribution in [0.25, 0.3) is 0 Å². The number of benzene rings is 3. The van der Waals surface area contributed by atoms with Gasteiger partial charge >= 0.3 is 0 Å². The summed E-state index contributed by atoms with van der Waals surface area (Å²) in [7, 11) is 3.14. The third-order valence-electron chi connectivity index (χ3n) is 6.55. The number of nitro benzene ring substituents is 1. The van der Waals surface area contributed by atoms with Crippen molar-refractivity contribution >= 4 is 11.6 Å². The predicted octanol–water partition coefficient (Wildman–Crippen LogP) is 5.55. The van der Waals surface area contributed by atoms with E-state index in [0.717, 1.165) is 11.1 Å². The molecule has 1 amide bonds. The number of nitrogens with zero attached hydrogens (tertiary/aromatic N) is 2. The summed E-state index contributed by atoms with van der Waals surface area (Å²) in [5.74, 6) is 1.83. The summed E-state index contributed by atoms with van der Waals surface area (Å²) in [5, 5.41) is 11.6. The molecule has 0 saturated heterocycles. The molecule has 36 heavy (non-hydrogen) atoms. The Hall–Kier alpha value is -4.07. The molecule has 0 bridgehead atoms. The van der Waals surface area contributed by atoms with Gasteiger partial charge in [0.1, 0.15) is 17.9 Å². The number of para-hydroxylation sites is 1. The third-order valence-corrected chi connectivity index (χ3v) is 6.55. The van der Waals surface area contributed by atoms with E-state index in [-0.39, 0.29) is 17.9 Å². The van der Waals surface area contributed by atoms with Gasteiger partial charge in [0.15, 0.2) is 11.5 Å². The second-order valence-corrected chi connectivity index (χ2v) is 8.98. The van der Waals surface area contributed by atoms with Gasteiger partial charge in [-0.2, -0.15) is 0 Å². The van der Waals surface area contributed by atoms with Crippen LogP contribution in [-0.4, -0.2) is 43.1 Å². The maximum Gasteiger partial charge on any atom is 0.282 e. The van der Waals surface area contributed by atoms with Gasteiger partial charge in [-0.3, -0.25) is 14.9 Å². The largest absolute Gasteiger partial charge is 0.493 e. The molecule has 0 radical (unpaired) electrons. The number of nitro groups is 1. The van der Waals surface area contributed by atoms with Gasteiger partial charge in [-0.15, -0.1) is 0 Å². The predicted molar refractivity (Wildman–Crippen MR) is 136 cm³/mol. The van der Waals surface area contributed by atoms with Crippen molar-refractivity contribution in [3.63, 3.8) is 0 Å². The zero-order valence-corrected chi connectivity index (χ0v) is 20.9. The lowest BCUT2D eigenvalue weighted by Gasteiger charge is -2.37. The molecule has 0 spiro atoms. The van der Waals surface area contributed by atoms with E-state index < -0.39 is 16.9 Å². The van der Waals surface area contributed by atoms with Gasteiger partial charge in [-0.05, 0) is 59.4 Å². The van der Waals surface area contributed by atoms with Gasteiger partial charge in [0.2, 0.25) is 0 Å². The zero-order valence-electron chi connectivity index (χ0n) is 20.9. The fourth-order valence-electron chi connectivity index (χ4n) is 4.54. The summed E-state index contributed by atoms with van der Waals surface area (Å²) in [6.07, 6.45) is 0.571. The normalized spacial score (nSPS) is 14.8. The fourth-order valence-corrected chi connectivity index (χ4v) is 4.54. The number of rotatable bonds is 8. The number of carbonyl (C=O) groups excluding carboxylic acids is 1. The van der Waals surface area contributed by atoms with E-state index in [9.17, 15) is 14.9 Å². The Kier molecular flexibility index (Phi) is 7.43. The van der Waals surface area contributed by atoms with Crippen molar-refractivity contribution < 1.29 is 23.9 Å². The fraction of sp³-hybridized carbons (Fsp3) is 0.321. The van der Waals surface area contributed by atoms with Gasteiger partial charge in [-0.1, -0.05) is 38.1 Å². The first kappa shape index (κ1) is 25.0. The molecule has 1 aliphatic heterocycles. The Morgan fingerprint density at radius 2 is 1.72 bits per heavy atom. The van der Waals surface area contributed by atoms with E-state index in [1.165, 1.54) is 17.7 Å². The highest BCUT2D eigenvalue weighted by Crippen LogP contribution is 2.39. The molecule has 4 rings (SSSR count). The molecule has 0 saturated carbocycles. The van der Waals surface area contributed by atoms with Crippen LogP contribution in [0.4, 0.5) is 5.69 Å². The lowest BCUT2D eigenvalue weighted by Crippen LogP contribution is -2.42. The first-order chi connectivity index (χ1) is 17.3. The average Bonchev–Trinajstić information content (AvgIpc) is 2.90. The highest BCUT2D eigenvalue weighted by molar-refractivity contribution is 5.98. The minimum Gasteiger partial charge on any atom is -0.493 e. The number of ether oxygens (including phenoxy) is 3. The van der Waals surface area contributed by atoms with E-state index in [1.807, 2.05) is 36.4 Å². The highest BCUT2D eigenvalue weighted by atomic mass is 16.6. The molecular weight excluding hydrogens is 460 g/mol. The number of amides is 1. The summed E-state index contributed by atoms with van der Waals surface area (Å²) in [6.45, 7) is 4.81. The molecule has 0 fully saturated rings. The monoisotopic (exact) mass is 490 g/mol. The van der Waals surface area contributed by atoms with Crippen molar-refractivity contribution in [2.24, 2.45) is 0 Å². The summed E-state index contributed by atoms with van der Waals surface area (Å²) >= 11 is 0. The Morgan fingerprint density at radius 1 is 1.06 bits per heavy atom. The van der Waals surface area contributed by atoms with Crippen LogP contribution in [0.3, 0.4) is 0 Å². The minimum absolute atomic E-state index is 0.0534. The van der Waals surface area contributed by atoms with Crippen LogP contribution in [0.2, 0.25) is 0 Å². The molecule has 8 heteroatoms. The molecule has 8 nitrogen and oxygen atoms in total. The van der Waals surface area contributed by atoms with Crippen LogP contribution in [-0.2, 0) is 6.42 Å². The van der Waals surface area contributed by atoms with E-state index in [0.29, 0.717) is 36.1 Å². The molecule has 1 heterocycles. The van der Waals surface area contributed by atoms with Crippen molar-refractivity contribution in [3.05, 3.63) is 93.0 Å². The van der Waals surface area contributed by atoms with Gasteiger partial charge in [0, 0.05) is 12.6 Å². The van der Waals surface area contributed by atoms with Gasteiger partial charge in [0.25, 0.3) is 11.6 Å². The van der Waals surface area contributed by atoms with E-state index in [2.05, 4.69) is 13.8 Å². The first-order valence-electron chi connectivity index (χ1n) is 11.9. The van der Waals surface area contributed by atoms with E-state index in [4.69, 9.17) is 14.2 Å². The van der Waals surface area contributed by atoms with Crippen molar-refractivity contribution in [1.82, 2.24) is 4.90 Å². The van der Waals surface area contributed by atoms with Crippen LogP contribution in [0.1, 0.15) is 52.9 Å². The standard InChI is InChI=1S/C28H30N2O6/c1-18(2)19-9-11-21(12-10-19)36-17-25-23-16-27(35-4)26(34-3)15-20(23)13-14-29(25)28(31)22-7-5-6-8-24(22)30(32)33/h5-12,15-16,18,25H,13-14,17H2,1-4H3/t25-/m0/s1. The molecule has 0 N–H and O–H groups in total. The van der Waals surface area contributed by atoms with Crippen molar-refractivity contribution in [2.45, 2.75) is 32.2 Å². The summed E-state index contributed by atoms with van der Waals surface area (Å²) in [6, 6.07) is 17.2. The van der Waals surface area contributed by atoms with Crippen LogP contribution >= 0.6 is 0 Å². The van der Waals surface area contributed by atoms with Crippen LogP contribution in [0.5, 0.6) is 17.2 Å². The topological polar surface area (TPSA) is 91.1 Å². The molecule has 3 aromatic rings. The Labute approximate surface area is 210 Å². The highest BCUT2D eigenvalue weighted by Gasteiger charge is 2.35. The molecule has 3 aromatic carbocycles. The second-order valence-electron chi connectivity index (χ2n) is 8.98. The summed E-state index contributed by atoms with van der Waals surface area (Å²) in [4.78, 5) is 26.4. The lowest BCUT2D eigenvalue weighted by atomic mass is 9.91. The summed E-state index contributed by atoms with van der Waals surface area (Å²) in [5.41, 5.74) is 2.92. The number of carbonyl (C=O) groups is 1. The van der Waals surface area contributed by atoms with Crippen LogP contribution < -0.4 is 14.2 Å². The summed E-state index contributed by atoms with van der Waals surface area (Å²) < 4.78 is 17.2. The first-order valence-corrected chi connectivity index (χ1v) is 11.9. The van der Waals surface area contributed by atoms with Crippen LogP contribution in [0.15, 0.2) is 60.7 Å². The molecule has 188 valence electrons. The second kappa shape index (κ2) is 10.7. The molecule has 0 unspecified atom stereocenters. The van der Waals surface area contributed by atoms with Crippen molar-refractivity contribution in [1.29, 1.82) is 0 Å². The number of fused-ring (bicyclic) bond motifs is 1. The number of hydrogen-bond acceptors (Lipinski definition) is 6. The van der Waals surface area contributed by atoms with Gasteiger partial charge in [0.05, 0.1) is 25.2 Å². The van der Waals surface area contributed by atoms with Gasteiger partial charge in [-0.25, -0.2) is 0 Å². The molecular formula is C28H30N2O6. The van der Waals surface area contributed by atoms with Gasteiger partial charge < -0.3 is 19.1 Å². The van der Waals surface area contributed by atoms with E-state index in [1.54, 1.807) is 31.3 Å². The van der Waals surface area contributed by atoms with Crippen molar-refractivity contribution in [2.75, 3.05) is 27.4 Å².